The third-order valence-electron chi connectivity index (χ3n) is 7.31. The van der Waals surface area contributed by atoms with E-state index in [1.807, 2.05) is 13.8 Å². The van der Waals surface area contributed by atoms with Gasteiger partial charge < -0.3 is 19.8 Å². The summed E-state index contributed by atoms with van der Waals surface area (Å²) < 4.78 is 11.7. The largest absolute Gasteiger partial charge is 0.437 e. The summed E-state index contributed by atoms with van der Waals surface area (Å²) in [5.41, 5.74) is 0. The fourth-order valence-corrected chi connectivity index (χ4v) is 5.01. The minimum absolute atomic E-state index is 0.105. The second-order valence-electron chi connectivity index (χ2n) is 11.0. The Hall–Kier alpha value is -2.97. The number of ketones is 1. The van der Waals surface area contributed by atoms with E-state index >= 15 is 0 Å². The standard InChI is InChI=1S/C27H39N5O6/c1-18(2)16-22(24(34)26-30-32(27(36)38-26)17-19-9-10-19)29-25(35)20-6-3-4-7-21(20)28-23(33)8-5-11-31-12-14-37-15-13-31/h18-22H,3-4,6-7,9-17H2,1-2H3,(H,28,33)(H,29,35)/t20-,21+,22?/m1/s1. The first kappa shape index (κ1) is 28.0. The highest BCUT2D eigenvalue weighted by atomic mass is 16.5. The Morgan fingerprint density at radius 1 is 1.11 bits per heavy atom. The molecular formula is C27H39N5O6. The van der Waals surface area contributed by atoms with Crippen LogP contribution in [0.25, 0.3) is 0 Å². The van der Waals surface area contributed by atoms with Crippen molar-refractivity contribution in [3.8, 4) is 11.8 Å². The van der Waals surface area contributed by atoms with Crippen molar-refractivity contribution in [1.82, 2.24) is 25.3 Å². The predicted molar refractivity (Wildman–Crippen MR) is 138 cm³/mol. The van der Waals surface area contributed by atoms with Crippen LogP contribution in [0.4, 0.5) is 0 Å². The third kappa shape index (κ3) is 8.01. The van der Waals surface area contributed by atoms with Crippen LogP contribution in [0, 0.1) is 29.6 Å². The molecule has 4 rings (SSSR count). The average molecular weight is 530 g/mol. The van der Waals surface area contributed by atoms with Gasteiger partial charge in [0.15, 0.2) is 0 Å². The Morgan fingerprint density at radius 3 is 2.55 bits per heavy atom. The quantitative estimate of drug-likeness (QED) is 0.338. The van der Waals surface area contributed by atoms with Crippen LogP contribution in [0.1, 0.15) is 69.5 Å². The van der Waals surface area contributed by atoms with Crippen LogP contribution in [0.15, 0.2) is 9.21 Å². The molecule has 1 saturated heterocycles. The number of amides is 2. The van der Waals surface area contributed by atoms with Gasteiger partial charge in [0.1, 0.15) is 0 Å². The van der Waals surface area contributed by atoms with Crippen LogP contribution in [-0.2, 0) is 20.9 Å². The van der Waals surface area contributed by atoms with Crippen LogP contribution in [0.3, 0.4) is 0 Å². The maximum atomic E-state index is 13.4. The molecule has 2 aliphatic carbocycles. The van der Waals surface area contributed by atoms with Crippen LogP contribution < -0.4 is 16.4 Å². The lowest BCUT2D eigenvalue weighted by molar-refractivity contribution is -0.128. The first-order valence-electron chi connectivity index (χ1n) is 13.8. The van der Waals surface area contributed by atoms with Crippen LogP contribution in [0.5, 0.6) is 0 Å². The molecule has 0 spiro atoms. The lowest BCUT2D eigenvalue weighted by atomic mass is 9.83. The van der Waals surface area contributed by atoms with Crippen molar-refractivity contribution in [3.05, 3.63) is 16.4 Å². The smallest absolute Gasteiger partial charge is 0.384 e. The Labute approximate surface area is 223 Å². The van der Waals surface area contributed by atoms with Crippen molar-refractivity contribution in [2.75, 3.05) is 32.8 Å². The normalized spacial score (nSPS) is 22.8. The second-order valence-corrected chi connectivity index (χ2v) is 11.0. The van der Waals surface area contributed by atoms with Crippen molar-refractivity contribution >= 4 is 17.6 Å². The predicted octanol–water partition coefficient (Wildman–Crippen LogP) is 0.971. The Bertz CT molecular complexity index is 1110. The number of ether oxygens (including phenoxy) is 1. The van der Waals surface area contributed by atoms with Gasteiger partial charge in [-0.25, -0.2) is 4.79 Å². The van der Waals surface area contributed by atoms with Gasteiger partial charge in [0.05, 0.1) is 38.3 Å². The molecule has 3 aliphatic rings. The van der Waals surface area contributed by atoms with Crippen LogP contribution >= 0.6 is 0 Å². The summed E-state index contributed by atoms with van der Waals surface area (Å²) in [5, 5.41) is 9.91. The summed E-state index contributed by atoms with van der Waals surface area (Å²) >= 11 is 0. The number of Topliss-reactive ketones (excluding diaryl/α,β-unsaturated/α-hetero) is 1. The van der Waals surface area contributed by atoms with E-state index in [-0.39, 0.29) is 23.8 Å². The summed E-state index contributed by atoms with van der Waals surface area (Å²) in [6.07, 6.45) is 5.47. The van der Waals surface area contributed by atoms with Gasteiger partial charge in [-0.2, -0.15) is 4.68 Å². The zero-order valence-electron chi connectivity index (χ0n) is 22.4. The fourth-order valence-electron chi connectivity index (χ4n) is 5.01. The van der Waals surface area contributed by atoms with E-state index in [2.05, 4.69) is 32.5 Å². The summed E-state index contributed by atoms with van der Waals surface area (Å²) in [5.74, 6) is 3.46. The van der Waals surface area contributed by atoms with E-state index < -0.39 is 29.4 Å². The SMILES string of the molecule is CC(C)CC(NC(=O)[C@@H]1CCCC[C@@H]1NC(=O)C#CCN1CCOCC1)C(=O)c1nn(CC2CC2)c(=O)o1. The second kappa shape index (κ2) is 13.2. The van der Waals surface area contributed by atoms with E-state index in [1.165, 1.54) is 4.68 Å². The van der Waals surface area contributed by atoms with Gasteiger partial charge in [-0.3, -0.25) is 19.3 Å². The highest BCUT2D eigenvalue weighted by Gasteiger charge is 2.36. The van der Waals surface area contributed by atoms with E-state index in [1.54, 1.807) is 0 Å². The molecule has 1 aromatic heterocycles. The number of aromatic nitrogens is 2. The lowest BCUT2D eigenvalue weighted by Crippen LogP contribution is -2.51. The highest BCUT2D eigenvalue weighted by Crippen LogP contribution is 2.30. The molecule has 0 radical (unpaired) electrons. The summed E-state index contributed by atoms with van der Waals surface area (Å²) in [6, 6.07) is -1.24. The van der Waals surface area contributed by atoms with Crippen molar-refractivity contribution in [3.63, 3.8) is 0 Å². The maximum Gasteiger partial charge on any atom is 0.437 e. The van der Waals surface area contributed by atoms with E-state index in [0.717, 1.165) is 38.8 Å². The zero-order chi connectivity index (χ0) is 27.1. The molecule has 3 atom stereocenters. The van der Waals surface area contributed by atoms with Crippen molar-refractivity contribution in [2.24, 2.45) is 17.8 Å². The van der Waals surface area contributed by atoms with Crippen LogP contribution in [-0.4, -0.2) is 77.2 Å². The number of hydrogen-bond acceptors (Lipinski definition) is 8. The number of morpholine rings is 1. The molecule has 2 saturated carbocycles. The molecule has 2 amide bonds. The Balaban J connectivity index is 1.37. The van der Waals surface area contributed by atoms with Gasteiger partial charge in [-0.05, 0) is 49.9 Å². The van der Waals surface area contributed by atoms with Crippen molar-refractivity contribution < 1.29 is 23.5 Å². The molecule has 0 aromatic carbocycles. The molecule has 0 bridgehead atoms. The van der Waals surface area contributed by atoms with Gasteiger partial charge in [-0.1, -0.05) is 32.6 Å². The minimum atomic E-state index is -0.874. The third-order valence-corrected chi connectivity index (χ3v) is 7.31. The molecule has 11 heteroatoms. The van der Waals surface area contributed by atoms with Gasteiger partial charge in [0, 0.05) is 19.1 Å². The minimum Gasteiger partial charge on any atom is -0.384 e. The van der Waals surface area contributed by atoms with Gasteiger partial charge in [0.25, 0.3) is 11.8 Å². The summed E-state index contributed by atoms with van der Waals surface area (Å²) in [4.78, 5) is 53.5. The first-order chi connectivity index (χ1) is 18.3. The first-order valence-corrected chi connectivity index (χ1v) is 13.8. The topological polar surface area (TPSA) is 136 Å². The summed E-state index contributed by atoms with van der Waals surface area (Å²) in [7, 11) is 0. The molecule has 208 valence electrons. The molecule has 1 aliphatic heterocycles. The number of carbonyl (C=O) groups excluding carboxylic acids is 3. The van der Waals surface area contributed by atoms with Gasteiger partial charge in [-0.15, -0.1) is 5.10 Å². The number of nitrogens with zero attached hydrogens (tertiary/aromatic N) is 3. The number of nitrogens with one attached hydrogen (secondary N) is 2. The number of carbonyl (C=O) groups is 3. The molecule has 2 N–H and O–H groups in total. The van der Waals surface area contributed by atoms with Gasteiger partial charge >= 0.3 is 5.76 Å². The van der Waals surface area contributed by atoms with Crippen LogP contribution in [0.2, 0.25) is 0 Å². The summed E-state index contributed by atoms with van der Waals surface area (Å²) in [6.45, 7) is 7.76. The zero-order valence-corrected chi connectivity index (χ0v) is 22.4. The molecule has 2 heterocycles. The van der Waals surface area contributed by atoms with Gasteiger partial charge in [0.2, 0.25) is 11.7 Å². The molecule has 1 aromatic rings. The number of rotatable bonds is 10. The Morgan fingerprint density at radius 2 is 1.84 bits per heavy atom. The number of hydrogen-bond donors (Lipinski definition) is 2. The molecule has 38 heavy (non-hydrogen) atoms. The van der Waals surface area contributed by atoms with E-state index in [0.29, 0.717) is 51.5 Å². The van der Waals surface area contributed by atoms with Crippen molar-refractivity contribution in [1.29, 1.82) is 0 Å². The monoisotopic (exact) mass is 529 g/mol. The molecule has 1 unspecified atom stereocenters. The fraction of sp³-hybridized carbons (Fsp3) is 0.741. The van der Waals surface area contributed by atoms with E-state index in [4.69, 9.17) is 9.15 Å². The molecule has 11 nitrogen and oxygen atoms in total. The average Bonchev–Trinajstić information content (AvgIpc) is 3.64. The molecular weight excluding hydrogens is 490 g/mol. The Kier molecular flexibility index (Phi) is 9.74. The highest BCUT2D eigenvalue weighted by molar-refractivity contribution is 5.99. The molecule has 3 fully saturated rings. The lowest BCUT2D eigenvalue weighted by Gasteiger charge is -2.32. The van der Waals surface area contributed by atoms with E-state index in [9.17, 15) is 19.2 Å². The van der Waals surface area contributed by atoms with Crippen molar-refractivity contribution in [2.45, 2.75) is 77.4 Å². The maximum absolute atomic E-state index is 13.4.